The Morgan fingerprint density at radius 3 is 3.00 bits per heavy atom. The van der Waals surface area contributed by atoms with E-state index >= 15 is 0 Å². The Morgan fingerprint density at radius 2 is 2.16 bits per heavy atom. The zero-order chi connectivity index (χ0) is 13.2. The van der Waals surface area contributed by atoms with Gasteiger partial charge in [-0.1, -0.05) is 18.2 Å². The third-order valence-corrected chi connectivity index (χ3v) is 3.69. The van der Waals surface area contributed by atoms with E-state index in [0.29, 0.717) is 6.42 Å². The van der Waals surface area contributed by atoms with Crippen molar-refractivity contribution in [3.8, 4) is 0 Å². The SMILES string of the molecule is O=C(O)CCC1CC(c2c[nH]c3ccccc23)NN1. The van der Waals surface area contributed by atoms with E-state index in [0.717, 1.165) is 11.9 Å². The Labute approximate surface area is 111 Å². The number of carboxylic acid groups (broad SMARTS) is 1. The zero-order valence-corrected chi connectivity index (χ0v) is 10.5. The molecule has 1 aliphatic heterocycles. The van der Waals surface area contributed by atoms with Crippen LogP contribution in [-0.4, -0.2) is 22.1 Å². The maximum atomic E-state index is 10.6. The summed E-state index contributed by atoms with van der Waals surface area (Å²) in [5.74, 6) is -0.739. The number of carboxylic acids is 1. The van der Waals surface area contributed by atoms with Crippen molar-refractivity contribution in [1.29, 1.82) is 0 Å². The second-order valence-corrected chi connectivity index (χ2v) is 5.00. The summed E-state index contributed by atoms with van der Waals surface area (Å²) >= 11 is 0. The van der Waals surface area contributed by atoms with Gasteiger partial charge in [-0.05, 0) is 24.5 Å². The van der Waals surface area contributed by atoms with Crippen LogP contribution in [-0.2, 0) is 4.79 Å². The third kappa shape index (κ3) is 2.47. The molecule has 2 atom stereocenters. The second kappa shape index (κ2) is 5.03. The van der Waals surface area contributed by atoms with Gasteiger partial charge in [-0.2, -0.15) is 0 Å². The van der Waals surface area contributed by atoms with Crippen LogP contribution in [0, 0.1) is 0 Å². The van der Waals surface area contributed by atoms with Crippen LogP contribution in [0.4, 0.5) is 0 Å². The molecule has 0 aliphatic carbocycles. The minimum Gasteiger partial charge on any atom is -0.481 e. The fraction of sp³-hybridized carbons (Fsp3) is 0.357. The Bertz CT molecular complexity index is 593. The van der Waals surface area contributed by atoms with E-state index in [9.17, 15) is 4.79 Å². The molecule has 19 heavy (non-hydrogen) atoms. The zero-order valence-electron chi connectivity index (χ0n) is 10.5. The molecule has 1 aromatic carbocycles. The Kier molecular flexibility index (Phi) is 3.23. The molecule has 0 spiro atoms. The van der Waals surface area contributed by atoms with Crippen molar-refractivity contribution in [3.05, 3.63) is 36.0 Å². The smallest absolute Gasteiger partial charge is 0.303 e. The van der Waals surface area contributed by atoms with Gasteiger partial charge >= 0.3 is 5.97 Å². The number of aromatic amines is 1. The monoisotopic (exact) mass is 259 g/mol. The van der Waals surface area contributed by atoms with E-state index in [1.165, 1.54) is 10.9 Å². The molecule has 4 N–H and O–H groups in total. The second-order valence-electron chi connectivity index (χ2n) is 5.00. The van der Waals surface area contributed by atoms with E-state index in [-0.39, 0.29) is 18.5 Å². The van der Waals surface area contributed by atoms with Crippen molar-refractivity contribution in [1.82, 2.24) is 15.8 Å². The molecule has 3 rings (SSSR count). The molecule has 0 saturated carbocycles. The fourth-order valence-electron chi connectivity index (χ4n) is 2.70. The van der Waals surface area contributed by atoms with E-state index in [4.69, 9.17) is 5.11 Å². The molecule has 1 saturated heterocycles. The highest BCUT2D eigenvalue weighted by molar-refractivity contribution is 5.83. The van der Waals surface area contributed by atoms with E-state index in [1.807, 2.05) is 18.3 Å². The number of hydrogen-bond acceptors (Lipinski definition) is 3. The van der Waals surface area contributed by atoms with Crippen LogP contribution in [0.25, 0.3) is 10.9 Å². The highest BCUT2D eigenvalue weighted by Crippen LogP contribution is 2.29. The first-order valence-electron chi connectivity index (χ1n) is 6.53. The van der Waals surface area contributed by atoms with Crippen LogP contribution in [0.15, 0.2) is 30.5 Å². The number of hydrogen-bond donors (Lipinski definition) is 4. The lowest BCUT2D eigenvalue weighted by Crippen LogP contribution is -2.31. The first kappa shape index (κ1) is 12.2. The number of rotatable bonds is 4. The first-order chi connectivity index (χ1) is 9.24. The summed E-state index contributed by atoms with van der Waals surface area (Å²) < 4.78 is 0. The molecule has 1 fully saturated rings. The van der Waals surface area contributed by atoms with Gasteiger partial charge < -0.3 is 10.1 Å². The first-order valence-corrected chi connectivity index (χ1v) is 6.53. The average molecular weight is 259 g/mol. The summed E-state index contributed by atoms with van der Waals surface area (Å²) in [6, 6.07) is 8.66. The lowest BCUT2D eigenvalue weighted by Gasteiger charge is -2.08. The molecular weight excluding hydrogens is 242 g/mol. The van der Waals surface area contributed by atoms with Crippen molar-refractivity contribution >= 4 is 16.9 Å². The van der Waals surface area contributed by atoms with Crippen LogP contribution in [0.2, 0.25) is 0 Å². The van der Waals surface area contributed by atoms with Gasteiger partial charge in [0.1, 0.15) is 0 Å². The minimum atomic E-state index is -0.739. The van der Waals surface area contributed by atoms with Gasteiger partial charge in [-0.15, -0.1) is 0 Å². The van der Waals surface area contributed by atoms with Gasteiger partial charge in [0.2, 0.25) is 0 Å². The van der Waals surface area contributed by atoms with Crippen molar-refractivity contribution in [2.75, 3.05) is 0 Å². The quantitative estimate of drug-likeness (QED) is 0.676. The molecule has 0 amide bonds. The number of aromatic nitrogens is 1. The van der Waals surface area contributed by atoms with Crippen LogP contribution in [0.5, 0.6) is 0 Å². The third-order valence-electron chi connectivity index (χ3n) is 3.69. The summed E-state index contributed by atoms with van der Waals surface area (Å²) in [7, 11) is 0. The predicted octanol–water partition coefficient (Wildman–Crippen LogP) is 1.94. The lowest BCUT2D eigenvalue weighted by atomic mass is 9.99. The van der Waals surface area contributed by atoms with E-state index < -0.39 is 5.97 Å². The molecular formula is C14H17N3O2. The van der Waals surface area contributed by atoms with Crippen LogP contribution < -0.4 is 10.9 Å². The molecule has 0 radical (unpaired) electrons. The van der Waals surface area contributed by atoms with Gasteiger partial charge in [0, 0.05) is 35.6 Å². The van der Waals surface area contributed by atoms with E-state index in [2.05, 4.69) is 28.0 Å². The number of H-pyrrole nitrogens is 1. The highest BCUT2D eigenvalue weighted by atomic mass is 16.4. The number of aliphatic carboxylic acids is 1. The van der Waals surface area contributed by atoms with E-state index in [1.54, 1.807) is 0 Å². The number of hydrazine groups is 1. The molecule has 5 heteroatoms. The number of carbonyl (C=O) groups is 1. The summed E-state index contributed by atoms with van der Waals surface area (Å²) in [4.78, 5) is 13.9. The summed E-state index contributed by atoms with van der Waals surface area (Å²) in [6.45, 7) is 0. The molecule has 1 aliphatic rings. The Balaban J connectivity index is 1.72. The molecule has 0 bridgehead atoms. The van der Waals surface area contributed by atoms with Gasteiger partial charge in [0.15, 0.2) is 0 Å². The average Bonchev–Trinajstić information content (AvgIpc) is 3.02. The Hall–Kier alpha value is -1.85. The number of nitrogens with one attached hydrogen (secondary N) is 3. The molecule has 2 unspecified atom stereocenters. The van der Waals surface area contributed by atoms with Crippen molar-refractivity contribution in [2.45, 2.75) is 31.3 Å². The maximum absolute atomic E-state index is 10.6. The summed E-state index contributed by atoms with van der Waals surface area (Å²) in [5.41, 5.74) is 8.82. The lowest BCUT2D eigenvalue weighted by molar-refractivity contribution is -0.137. The minimum absolute atomic E-state index is 0.208. The van der Waals surface area contributed by atoms with Gasteiger partial charge in [0.05, 0.1) is 0 Å². The topological polar surface area (TPSA) is 77.1 Å². The number of fused-ring (bicyclic) bond motifs is 1. The van der Waals surface area contributed by atoms with Crippen LogP contribution in [0.1, 0.15) is 30.9 Å². The van der Waals surface area contributed by atoms with Gasteiger partial charge in [-0.3, -0.25) is 10.2 Å². The highest BCUT2D eigenvalue weighted by Gasteiger charge is 2.26. The summed E-state index contributed by atoms with van der Waals surface area (Å²) in [6.07, 6.45) is 3.81. The number of para-hydroxylation sites is 1. The van der Waals surface area contributed by atoms with Crippen LogP contribution >= 0.6 is 0 Å². The molecule has 1 aromatic heterocycles. The van der Waals surface area contributed by atoms with Gasteiger partial charge in [-0.25, -0.2) is 5.43 Å². The largest absolute Gasteiger partial charge is 0.481 e. The maximum Gasteiger partial charge on any atom is 0.303 e. The van der Waals surface area contributed by atoms with Crippen LogP contribution in [0.3, 0.4) is 0 Å². The number of benzene rings is 1. The molecule has 100 valence electrons. The molecule has 2 heterocycles. The molecule has 2 aromatic rings. The van der Waals surface area contributed by atoms with Crippen molar-refractivity contribution in [3.63, 3.8) is 0 Å². The van der Waals surface area contributed by atoms with Crippen molar-refractivity contribution in [2.24, 2.45) is 0 Å². The normalized spacial score (nSPS) is 22.9. The van der Waals surface area contributed by atoms with Gasteiger partial charge in [0.25, 0.3) is 0 Å². The predicted molar refractivity (Wildman–Crippen MR) is 72.6 cm³/mol. The van der Waals surface area contributed by atoms with Crippen molar-refractivity contribution < 1.29 is 9.90 Å². The standard InChI is InChI=1S/C14H17N3O2/c18-14(19)6-5-9-7-13(17-16-9)11-8-15-12-4-2-1-3-10(11)12/h1-4,8-9,13,15-17H,5-7H2,(H,18,19). The Morgan fingerprint density at radius 1 is 1.32 bits per heavy atom. The molecule has 5 nitrogen and oxygen atoms in total. The summed E-state index contributed by atoms with van der Waals surface area (Å²) in [5, 5.41) is 9.93. The fourth-order valence-corrected chi connectivity index (χ4v) is 2.70.